The molecule has 0 saturated heterocycles. The first kappa shape index (κ1) is 18.3. The molecular formula is C21H19ClN4O2. The van der Waals surface area contributed by atoms with Crippen molar-refractivity contribution in [2.24, 2.45) is 0 Å². The van der Waals surface area contributed by atoms with Gasteiger partial charge in [-0.05, 0) is 31.2 Å². The van der Waals surface area contributed by atoms with E-state index in [9.17, 15) is 4.79 Å². The number of hydrogen-bond donors (Lipinski definition) is 1. The second kappa shape index (κ2) is 7.86. The predicted molar refractivity (Wildman–Crippen MR) is 107 cm³/mol. The number of hydrogen-bond acceptors (Lipinski definition) is 4. The van der Waals surface area contributed by atoms with Crippen LogP contribution >= 0.6 is 11.6 Å². The molecule has 4 rings (SSSR count). The van der Waals surface area contributed by atoms with E-state index < -0.39 is 0 Å². The van der Waals surface area contributed by atoms with Gasteiger partial charge in [-0.3, -0.25) is 4.79 Å². The summed E-state index contributed by atoms with van der Waals surface area (Å²) in [6.07, 6.45) is 4.59. The molecule has 0 aliphatic carbocycles. The van der Waals surface area contributed by atoms with Crippen molar-refractivity contribution >= 4 is 23.0 Å². The van der Waals surface area contributed by atoms with Crippen molar-refractivity contribution in [3.8, 4) is 11.5 Å². The highest BCUT2D eigenvalue weighted by atomic mass is 35.5. The molecule has 3 heterocycles. The van der Waals surface area contributed by atoms with E-state index in [0.29, 0.717) is 40.9 Å². The second-order valence-electron chi connectivity index (χ2n) is 6.45. The summed E-state index contributed by atoms with van der Waals surface area (Å²) in [6, 6.07) is 13.3. The van der Waals surface area contributed by atoms with Gasteiger partial charge >= 0.3 is 0 Å². The molecule has 3 aromatic heterocycles. The Labute approximate surface area is 167 Å². The Bertz CT molecular complexity index is 1130. The van der Waals surface area contributed by atoms with Gasteiger partial charge in [0.05, 0.1) is 34.4 Å². The molecule has 0 radical (unpaired) electrons. The van der Waals surface area contributed by atoms with E-state index in [2.05, 4.69) is 15.3 Å². The lowest BCUT2D eigenvalue weighted by Gasteiger charge is -2.04. The standard InChI is InChI=1S/C21H19ClN4O2/c1-14-18(25-21(28-14)16-7-2-3-8-17(16)22)12-20(27)23-10-9-19-24-13-15-6-4-5-11-26(15)19/h2-8,11,13H,9-10,12H2,1H3,(H,23,27). The van der Waals surface area contributed by atoms with Crippen LogP contribution in [-0.2, 0) is 17.6 Å². The first-order chi connectivity index (χ1) is 13.6. The van der Waals surface area contributed by atoms with Gasteiger partial charge in [0.2, 0.25) is 11.8 Å². The van der Waals surface area contributed by atoms with Crippen LogP contribution in [0.2, 0.25) is 5.02 Å². The molecule has 1 amide bonds. The number of benzene rings is 1. The number of nitrogens with one attached hydrogen (secondary N) is 1. The Morgan fingerprint density at radius 1 is 1.21 bits per heavy atom. The summed E-state index contributed by atoms with van der Waals surface area (Å²) in [4.78, 5) is 21.2. The summed E-state index contributed by atoms with van der Waals surface area (Å²) in [5.74, 6) is 1.84. The highest BCUT2D eigenvalue weighted by Gasteiger charge is 2.16. The highest BCUT2D eigenvalue weighted by molar-refractivity contribution is 6.33. The monoisotopic (exact) mass is 394 g/mol. The van der Waals surface area contributed by atoms with E-state index in [1.807, 2.05) is 53.2 Å². The second-order valence-corrected chi connectivity index (χ2v) is 6.86. The van der Waals surface area contributed by atoms with Crippen molar-refractivity contribution < 1.29 is 9.21 Å². The Kier molecular flexibility index (Phi) is 5.12. The van der Waals surface area contributed by atoms with E-state index in [0.717, 1.165) is 11.3 Å². The Balaban J connectivity index is 1.37. The highest BCUT2D eigenvalue weighted by Crippen LogP contribution is 2.28. The summed E-state index contributed by atoms with van der Waals surface area (Å²) in [5, 5.41) is 3.48. The Morgan fingerprint density at radius 3 is 2.89 bits per heavy atom. The lowest BCUT2D eigenvalue weighted by atomic mass is 10.2. The molecule has 0 atom stereocenters. The number of carbonyl (C=O) groups excluding carboxylic acids is 1. The van der Waals surface area contributed by atoms with E-state index in [1.54, 1.807) is 13.0 Å². The van der Waals surface area contributed by atoms with Crippen LogP contribution in [0.1, 0.15) is 17.3 Å². The number of nitrogens with zero attached hydrogens (tertiary/aromatic N) is 3. The number of aryl methyl sites for hydroxylation is 1. The maximum atomic E-state index is 12.3. The number of amides is 1. The third-order valence-corrected chi connectivity index (χ3v) is 4.84. The molecule has 0 fully saturated rings. The van der Waals surface area contributed by atoms with Crippen molar-refractivity contribution in [1.82, 2.24) is 19.7 Å². The number of halogens is 1. The first-order valence-electron chi connectivity index (χ1n) is 9.00. The van der Waals surface area contributed by atoms with Crippen molar-refractivity contribution in [2.45, 2.75) is 19.8 Å². The molecule has 0 saturated carbocycles. The van der Waals surface area contributed by atoms with Gasteiger partial charge in [0, 0.05) is 19.2 Å². The summed E-state index contributed by atoms with van der Waals surface area (Å²) >= 11 is 6.20. The summed E-state index contributed by atoms with van der Waals surface area (Å²) < 4.78 is 7.72. The maximum absolute atomic E-state index is 12.3. The fourth-order valence-electron chi connectivity index (χ4n) is 3.05. The van der Waals surface area contributed by atoms with Crippen LogP contribution in [0, 0.1) is 6.92 Å². The van der Waals surface area contributed by atoms with Crippen LogP contribution in [0.4, 0.5) is 0 Å². The third-order valence-electron chi connectivity index (χ3n) is 4.51. The van der Waals surface area contributed by atoms with Crippen LogP contribution in [0.15, 0.2) is 59.3 Å². The van der Waals surface area contributed by atoms with Crippen LogP contribution in [0.25, 0.3) is 17.0 Å². The van der Waals surface area contributed by atoms with E-state index in [4.69, 9.17) is 16.0 Å². The molecule has 1 N–H and O–H groups in total. The zero-order valence-electron chi connectivity index (χ0n) is 15.4. The zero-order chi connectivity index (χ0) is 19.5. The normalized spacial score (nSPS) is 11.1. The quantitative estimate of drug-likeness (QED) is 0.539. The number of oxazole rings is 1. The molecule has 0 bridgehead atoms. The molecule has 142 valence electrons. The molecule has 0 spiro atoms. The van der Waals surface area contributed by atoms with Gasteiger partial charge in [-0.2, -0.15) is 0 Å². The molecule has 4 aromatic rings. The average Bonchev–Trinajstić information content (AvgIpc) is 3.26. The number of aromatic nitrogens is 3. The van der Waals surface area contributed by atoms with E-state index in [1.165, 1.54) is 0 Å². The number of fused-ring (bicyclic) bond motifs is 1. The van der Waals surface area contributed by atoms with Gasteiger partial charge in [-0.25, -0.2) is 9.97 Å². The summed E-state index contributed by atoms with van der Waals surface area (Å²) in [6.45, 7) is 2.30. The number of carbonyl (C=O) groups is 1. The van der Waals surface area contributed by atoms with Crippen molar-refractivity contribution in [2.75, 3.05) is 6.54 Å². The predicted octanol–water partition coefficient (Wildman–Crippen LogP) is 3.85. The fourth-order valence-corrected chi connectivity index (χ4v) is 3.27. The van der Waals surface area contributed by atoms with Gasteiger partial charge in [0.25, 0.3) is 0 Å². The number of imidazole rings is 1. The van der Waals surface area contributed by atoms with E-state index in [-0.39, 0.29) is 12.3 Å². The van der Waals surface area contributed by atoms with Gasteiger partial charge in [0.1, 0.15) is 11.6 Å². The minimum atomic E-state index is -0.108. The van der Waals surface area contributed by atoms with Gasteiger partial charge < -0.3 is 14.1 Å². The van der Waals surface area contributed by atoms with Crippen molar-refractivity contribution in [3.63, 3.8) is 0 Å². The Hall–Kier alpha value is -3.12. The molecule has 0 aliphatic heterocycles. The molecule has 1 aromatic carbocycles. The van der Waals surface area contributed by atoms with Gasteiger partial charge in [-0.1, -0.05) is 29.8 Å². The van der Waals surface area contributed by atoms with Crippen molar-refractivity contribution in [3.05, 3.63) is 77.2 Å². The minimum absolute atomic E-state index is 0.108. The smallest absolute Gasteiger partial charge is 0.228 e. The third kappa shape index (κ3) is 3.77. The van der Waals surface area contributed by atoms with Crippen molar-refractivity contribution in [1.29, 1.82) is 0 Å². The van der Waals surface area contributed by atoms with Crippen LogP contribution in [-0.4, -0.2) is 26.8 Å². The molecule has 6 nitrogen and oxygen atoms in total. The lowest BCUT2D eigenvalue weighted by Crippen LogP contribution is -2.28. The Morgan fingerprint density at radius 2 is 2.04 bits per heavy atom. The maximum Gasteiger partial charge on any atom is 0.228 e. The SMILES string of the molecule is Cc1oc(-c2ccccc2Cl)nc1CC(=O)NCCc1ncc2ccccn12. The van der Waals surface area contributed by atoms with Gasteiger partial charge in [0.15, 0.2) is 0 Å². The zero-order valence-corrected chi connectivity index (χ0v) is 16.1. The molecule has 0 unspecified atom stereocenters. The number of pyridine rings is 1. The topological polar surface area (TPSA) is 72.4 Å². The van der Waals surface area contributed by atoms with Gasteiger partial charge in [-0.15, -0.1) is 0 Å². The van der Waals surface area contributed by atoms with E-state index >= 15 is 0 Å². The molecule has 7 heteroatoms. The van der Waals surface area contributed by atoms with Crippen LogP contribution < -0.4 is 5.32 Å². The molecule has 0 aliphatic rings. The summed E-state index contributed by atoms with van der Waals surface area (Å²) in [7, 11) is 0. The van der Waals surface area contributed by atoms with Crippen LogP contribution in [0.3, 0.4) is 0 Å². The minimum Gasteiger partial charge on any atom is -0.441 e. The fraction of sp³-hybridized carbons (Fsp3) is 0.190. The lowest BCUT2D eigenvalue weighted by molar-refractivity contribution is -0.120. The summed E-state index contributed by atoms with van der Waals surface area (Å²) in [5.41, 5.74) is 2.36. The van der Waals surface area contributed by atoms with Crippen LogP contribution in [0.5, 0.6) is 0 Å². The largest absolute Gasteiger partial charge is 0.441 e. The average molecular weight is 395 g/mol. The number of rotatable bonds is 6. The first-order valence-corrected chi connectivity index (χ1v) is 9.38. The molecular weight excluding hydrogens is 376 g/mol. The molecule has 28 heavy (non-hydrogen) atoms.